The molecule has 144 valence electrons. The van der Waals surface area contributed by atoms with Crippen molar-refractivity contribution in [3.05, 3.63) is 59.2 Å². The topological polar surface area (TPSA) is 59.6 Å². The van der Waals surface area contributed by atoms with Crippen LogP contribution in [-0.2, 0) is 10.2 Å². The van der Waals surface area contributed by atoms with Crippen LogP contribution >= 0.6 is 0 Å². The van der Waals surface area contributed by atoms with E-state index in [9.17, 15) is 4.79 Å². The molecule has 27 heavy (non-hydrogen) atoms. The van der Waals surface area contributed by atoms with Crippen LogP contribution in [0.25, 0.3) is 0 Å². The molecule has 1 aliphatic heterocycles. The molecular formula is C22H28N2O3. The summed E-state index contributed by atoms with van der Waals surface area (Å²) in [5, 5.41) is 6.02. The Hall–Kier alpha value is -2.53. The standard InChI is InChI=1S/C22H28N2O3/c1-16-12-17(2)14-18(13-16)24-21(25)23-15-22(8-10-27-11-9-22)19-6-4-5-7-20(19)26-3/h4-7,12-14H,8-11,15H2,1-3H3,(H2,23,24,25). The number of hydrogen-bond donors (Lipinski definition) is 2. The normalized spacial score (nSPS) is 15.8. The van der Waals surface area contributed by atoms with E-state index >= 15 is 0 Å². The Morgan fingerprint density at radius 1 is 1.11 bits per heavy atom. The highest BCUT2D eigenvalue weighted by Gasteiger charge is 2.37. The zero-order chi connectivity index (χ0) is 19.3. The van der Waals surface area contributed by atoms with Crippen LogP contribution in [0.5, 0.6) is 5.75 Å². The number of methoxy groups -OCH3 is 1. The van der Waals surface area contributed by atoms with Gasteiger partial charge in [0.2, 0.25) is 0 Å². The van der Waals surface area contributed by atoms with Crippen molar-refractivity contribution < 1.29 is 14.3 Å². The Labute approximate surface area is 161 Å². The average molecular weight is 368 g/mol. The van der Waals surface area contributed by atoms with Crippen molar-refractivity contribution in [1.82, 2.24) is 5.32 Å². The first-order valence-electron chi connectivity index (χ1n) is 9.37. The van der Waals surface area contributed by atoms with Crippen LogP contribution < -0.4 is 15.4 Å². The smallest absolute Gasteiger partial charge is 0.319 e. The van der Waals surface area contributed by atoms with Crippen molar-refractivity contribution in [3.8, 4) is 5.75 Å². The summed E-state index contributed by atoms with van der Waals surface area (Å²) in [6, 6.07) is 13.9. The van der Waals surface area contributed by atoms with Crippen molar-refractivity contribution in [2.45, 2.75) is 32.1 Å². The number of amides is 2. The lowest BCUT2D eigenvalue weighted by Crippen LogP contribution is -2.45. The van der Waals surface area contributed by atoms with Gasteiger partial charge in [-0.05, 0) is 56.0 Å². The van der Waals surface area contributed by atoms with Gasteiger partial charge in [-0.1, -0.05) is 24.3 Å². The molecule has 5 heteroatoms. The van der Waals surface area contributed by atoms with Crippen LogP contribution in [0.15, 0.2) is 42.5 Å². The van der Waals surface area contributed by atoms with Crippen LogP contribution in [0, 0.1) is 13.8 Å². The molecule has 0 atom stereocenters. The predicted octanol–water partition coefficient (Wildman–Crippen LogP) is 4.18. The Kier molecular flexibility index (Phi) is 6.01. The quantitative estimate of drug-likeness (QED) is 0.832. The number of para-hydroxylation sites is 1. The van der Waals surface area contributed by atoms with Gasteiger partial charge in [-0.3, -0.25) is 0 Å². The lowest BCUT2D eigenvalue weighted by molar-refractivity contribution is 0.0500. The minimum absolute atomic E-state index is 0.190. The number of carbonyl (C=O) groups excluding carboxylic acids is 1. The third-order valence-corrected chi connectivity index (χ3v) is 5.20. The molecule has 0 aliphatic carbocycles. The molecule has 0 saturated carbocycles. The summed E-state index contributed by atoms with van der Waals surface area (Å²) in [6.07, 6.45) is 1.69. The number of carbonyl (C=O) groups is 1. The van der Waals surface area contributed by atoms with E-state index in [2.05, 4.69) is 22.8 Å². The molecule has 2 aromatic carbocycles. The maximum atomic E-state index is 12.5. The van der Waals surface area contributed by atoms with Crippen molar-refractivity contribution in [2.75, 3.05) is 32.2 Å². The highest BCUT2D eigenvalue weighted by atomic mass is 16.5. The van der Waals surface area contributed by atoms with Gasteiger partial charge in [0.1, 0.15) is 5.75 Å². The molecule has 0 radical (unpaired) electrons. The molecule has 1 heterocycles. The molecule has 0 spiro atoms. The van der Waals surface area contributed by atoms with Gasteiger partial charge in [0, 0.05) is 36.4 Å². The Bertz CT molecular complexity index is 778. The second kappa shape index (κ2) is 8.44. The number of aryl methyl sites for hydroxylation is 2. The van der Waals surface area contributed by atoms with Gasteiger partial charge < -0.3 is 20.1 Å². The van der Waals surface area contributed by atoms with E-state index in [1.807, 2.05) is 44.2 Å². The molecule has 2 amide bonds. The number of rotatable bonds is 5. The predicted molar refractivity (Wildman–Crippen MR) is 108 cm³/mol. The molecular weight excluding hydrogens is 340 g/mol. The summed E-state index contributed by atoms with van der Waals surface area (Å²) in [7, 11) is 1.69. The van der Waals surface area contributed by atoms with Crippen LogP contribution in [0.1, 0.15) is 29.5 Å². The molecule has 1 saturated heterocycles. The first-order valence-corrected chi connectivity index (χ1v) is 9.37. The van der Waals surface area contributed by atoms with E-state index in [0.29, 0.717) is 19.8 Å². The van der Waals surface area contributed by atoms with E-state index in [1.165, 1.54) is 0 Å². The SMILES string of the molecule is COc1ccccc1C1(CNC(=O)Nc2cc(C)cc(C)c2)CCOCC1. The number of benzene rings is 2. The van der Waals surface area contributed by atoms with Crippen molar-refractivity contribution in [3.63, 3.8) is 0 Å². The molecule has 3 rings (SSSR count). The van der Waals surface area contributed by atoms with Gasteiger partial charge in [-0.15, -0.1) is 0 Å². The molecule has 1 aliphatic rings. The van der Waals surface area contributed by atoms with Crippen LogP contribution in [0.2, 0.25) is 0 Å². The van der Waals surface area contributed by atoms with Gasteiger partial charge in [0.05, 0.1) is 7.11 Å². The molecule has 2 aromatic rings. The maximum absolute atomic E-state index is 12.5. The van der Waals surface area contributed by atoms with Crippen molar-refractivity contribution >= 4 is 11.7 Å². The second-order valence-electron chi connectivity index (χ2n) is 7.28. The first kappa shape index (κ1) is 19.2. The summed E-state index contributed by atoms with van der Waals surface area (Å²) < 4.78 is 11.2. The zero-order valence-corrected chi connectivity index (χ0v) is 16.3. The van der Waals surface area contributed by atoms with Gasteiger partial charge in [0.25, 0.3) is 0 Å². The largest absolute Gasteiger partial charge is 0.496 e. The molecule has 1 fully saturated rings. The molecule has 2 N–H and O–H groups in total. The summed E-state index contributed by atoms with van der Waals surface area (Å²) in [5.74, 6) is 0.857. The highest BCUT2D eigenvalue weighted by Crippen LogP contribution is 2.39. The number of anilines is 1. The zero-order valence-electron chi connectivity index (χ0n) is 16.3. The number of hydrogen-bond acceptors (Lipinski definition) is 3. The lowest BCUT2D eigenvalue weighted by Gasteiger charge is -2.38. The van der Waals surface area contributed by atoms with Gasteiger partial charge in [-0.25, -0.2) is 4.79 Å². The van der Waals surface area contributed by atoms with E-state index in [0.717, 1.165) is 41.0 Å². The number of urea groups is 1. The average Bonchev–Trinajstić information content (AvgIpc) is 2.66. The van der Waals surface area contributed by atoms with Gasteiger partial charge in [-0.2, -0.15) is 0 Å². The Balaban J connectivity index is 1.74. The number of nitrogens with one attached hydrogen (secondary N) is 2. The van der Waals surface area contributed by atoms with Gasteiger partial charge >= 0.3 is 6.03 Å². The third-order valence-electron chi connectivity index (χ3n) is 5.20. The summed E-state index contributed by atoms with van der Waals surface area (Å²) >= 11 is 0. The fraction of sp³-hybridized carbons (Fsp3) is 0.409. The van der Waals surface area contributed by atoms with Crippen LogP contribution in [0.3, 0.4) is 0 Å². The molecule has 0 unspecified atom stereocenters. The summed E-state index contributed by atoms with van der Waals surface area (Å²) in [6.45, 7) is 5.94. The lowest BCUT2D eigenvalue weighted by atomic mass is 9.73. The first-order chi connectivity index (χ1) is 13.0. The van der Waals surface area contributed by atoms with Crippen LogP contribution in [0.4, 0.5) is 10.5 Å². The van der Waals surface area contributed by atoms with E-state index in [-0.39, 0.29) is 11.4 Å². The summed E-state index contributed by atoms with van der Waals surface area (Å²) in [4.78, 5) is 12.5. The fourth-order valence-corrected chi connectivity index (χ4v) is 3.86. The molecule has 0 aromatic heterocycles. The Morgan fingerprint density at radius 3 is 2.44 bits per heavy atom. The molecule has 0 bridgehead atoms. The van der Waals surface area contributed by atoms with Crippen LogP contribution in [-0.4, -0.2) is 32.9 Å². The highest BCUT2D eigenvalue weighted by molar-refractivity contribution is 5.89. The summed E-state index contributed by atoms with van der Waals surface area (Å²) in [5.41, 5.74) is 4.00. The van der Waals surface area contributed by atoms with E-state index in [1.54, 1.807) is 7.11 Å². The van der Waals surface area contributed by atoms with Crippen molar-refractivity contribution in [2.24, 2.45) is 0 Å². The monoisotopic (exact) mass is 368 g/mol. The minimum atomic E-state index is -0.194. The van der Waals surface area contributed by atoms with E-state index in [4.69, 9.17) is 9.47 Å². The number of ether oxygens (including phenoxy) is 2. The Morgan fingerprint density at radius 2 is 1.78 bits per heavy atom. The second-order valence-corrected chi connectivity index (χ2v) is 7.28. The van der Waals surface area contributed by atoms with Crippen molar-refractivity contribution in [1.29, 1.82) is 0 Å². The van der Waals surface area contributed by atoms with Gasteiger partial charge in [0.15, 0.2) is 0 Å². The molecule has 5 nitrogen and oxygen atoms in total. The van der Waals surface area contributed by atoms with E-state index < -0.39 is 0 Å². The third kappa shape index (κ3) is 4.61. The minimum Gasteiger partial charge on any atom is -0.496 e. The maximum Gasteiger partial charge on any atom is 0.319 e. The fourth-order valence-electron chi connectivity index (χ4n) is 3.86.